The molecule has 0 atom stereocenters. The third kappa shape index (κ3) is 4.92. The molecular formula is C24H18BrClN2O3. The van der Waals surface area contributed by atoms with Gasteiger partial charge in [0.25, 0.3) is 0 Å². The lowest BCUT2D eigenvalue weighted by atomic mass is 9.98. The van der Waals surface area contributed by atoms with Crippen molar-refractivity contribution < 1.29 is 9.53 Å². The van der Waals surface area contributed by atoms with Crippen molar-refractivity contribution in [3.63, 3.8) is 0 Å². The Kier molecular flexibility index (Phi) is 6.59. The molecule has 4 rings (SSSR count). The number of pyridine rings is 1. The van der Waals surface area contributed by atoms with Gasteiger partial charge in [-0.1, -0.05) is 45.7 Å². The van der Waals surface area contributed by atoms with Gasteiger partial charge in [0, 0.05) is 20.2 Å². The van der Waals surface area contributed by atoms with E-state index in [0.29, 0.717) is 17.3 Å². The van der Waals surface area contributed by atoms with Crippen LogP contribution in [0, 0.1) is 4.91 Å². The molecule has 1 heterocycles. The number of allylic oxidation sites excluding steroid dienone is 2. The molecule has 0 fully saturated rings. The summed E-state index contributed by atoms with van der Waals surface area (Å²) in [6, 6.07) is 18.6. The molecule has 0 bridgehead atoms. The molecular weight excluding hydrogens is 480 g/mol. The Morgan fingerprint density at radius 2 is 1.84 bits per heavy atom. The summed E-state index contributed by atoms with van der Waals surface area (Å²) in [7, 11) is 0. The van der Waals surface area contributed by atoms with E-state index >= 15 is 0 Å². The van der Waals surface area contributed by atoms with E-state index < -0.39 is 5.91 Å². The molecule has 0 aliphatic heterocycles. The van der Waals surface area contributed by atoms with Crippen LogP contribution in [0.2, 0.25) is 5.02 Å². The molecule has 0 saturated heterocycles. The summed E-state index contributed by atoms with van der Waals surface area (Å²) in [4.78, 5) is 26.7. The van der Waals surface area contributed by atoms with Gasteiger partial charge in [0.05, 0.1) is 5.69 Å². The zero-order valence-electron chi connectivity index (χ0n) is 16.5. The number of carbonyl (C=O) groups is 1. The molecule has 31 heavy (non-hydrogen) atoms. The lowest BCUT2D eigenvalue weighted by molar-refractivity contribution is 0.0996. The Labute approximate surface area is 193 Å². The van der Waals surface area contributed by atoms with Gasteiger partial charge in [0.15, 0.2) is 0 Å². The fraction of sp³-hybridized carbons (Fsp3) is 0.167. The molecule has 1 aliphatic carbocycles. The van der Waals surface area contributed by atoms with E-state index in [-0.39, 0.29) is 5.69 Å². The van der Waals surface area contributed by atoms with Gasteiger partial charge in [-0.05, 0) is 78.4 Å². The molecule has 156 valence electrons. The highest BCUT2D eigenvalue weighted by atomic mass is 79.9. The first kappa shape index (κ1) is 21.4. The van der Waals surface area contributed by atoms with E-state index in [4.69, 9.17) is 16.3 Å². The van der Waals surface area contributed by atoms with Crippen LogP contribution in [0.3, 0.4) is 0 Å². The number of hydrogen-bond donors (Lipinski definition) is 0. The van der Waals surface area contributed by atoms with Gasteiger partial charge in [0.1, 0.15) is 18.1 Å². The first-order chi connectivity index (χ1) is 15.0. The van der Waals surface area contributed by atoms with Gasteiger partial charge in [-0.3, -0.25) is 4.79 Å². The second-order valence-electron chi connectivity index (χ2n) is 7.17. The van der Waals surface area contributed by atoms with Crippen molar-refractivity contribution in [2.45, 2.75) is 25.9 Å². The fourth-order valence-corrected chi connectivity index (χ4v) is 4.13. The summed E-state index contributed by atoms with van der Waals surface area (Å²) < 4.78 is 7.17. The van der Waals surface area contributed by atoms with Crippen molar-refractivity contribution in [2.24, 2.45) is 5.18 Å². The first-order valence-electron chi connectivity index (χ1n) is 9.79. The summed E-state index contributed by atoms with van der Waals surface area (Å²) >= 11 is 9.76. The zero-order chi connectivity index (χ0) is 21.8. The average molecular weight is 498 g/mol. The predicted octanol–water partition coefficient (Wildman–Crippen LogP) is 7.08. The average Bonchev–Trinajstić information content (AvgIpc) is 3.28. The summed E-state index contributed by atoms with van der Waals surface area (Å²) in [5, 5.41) is 3.10. The minimum Gasteiger partial charge on any atom is -0.488 e. The van der Waals surface area contributed by atoms with Crippen molar-refractivity contribution in [3.8, 4) is 5.75 Å². The van der Waals surface area contributed by atoms with Crippen LogP contribution in [0.15, 0.2) is 70.3 Å². The van der Waals surface area contributed by atoms with E-state index in [9.17, 15) is 9.70 Å². The Bertz CT molecular complexity index is 1180. The number of aromatic nitrogens is 1. The molecule has 1 aromatic heterocycles. The zero-order valence-corrected chi connectivity index (χ0v) is 18.8. The molecule has 0 unspecified atom stereocenters. The van der Waals surface area contributed by atoms with Crippen molar-refractivity contribution in [1.29, 1.82) is 0 Å². The van der Waals surface area contributed by atoms with Crippen LogP contribution in [0.1, 0.15) is 46.6 Å². The van der Waals surface area contributed by atoms with Gasteiger partial charge in [-0.2, -0.15) is 0 Å². The third-order valence-electron chi connectivity index (χ3n) is 5.15. The second kappa shape index (κ2) is 9.54. The van der Waals surface area contributed by atoms with Crippen LogP contribution in [0.4, 0.5) is 0 Å². The van der Waals surface area contributed by atoms with E-state index in [1.807, 2.05) is 48.5 Å². The Morgan fingerprint density at radius 3 is 2.61 bits per heavy atom. The number of ether oxygens (including phenoxy) is 1. The molecule has 1 amide bonds. The van der Waals surface area contributed by atoms with Gasteiger partial charge in [0.2, 0.25) is 0 Å². The van der Waals surface area contributed by atoms with Crippen molar-refractivity contribution >= 4 is 44.6 Å². The smallest absolute Gasteiger partial charge is 0.335 e. The highest BCUT2D eigenvalue weighted by Gasteiger charge is 2.22. The molecule has 0 spiro atoms. The Morgan fingerprint density at radius 1 is 1.06 bits per heavy atom. The predicted molar refractivity (Wildman–Crippen MR) is 125 cm³/mol. The van der Waals surface area contributed by atoms with Crippen LogP contribution >= 0.6 is 27.5 Å². The standard InChI is InChI=1S/C24H18BrClN2O3/c25-16-9-7-15(8-10-16)14-31-23-12-11-17(26)13-20(23)18-3-1-4-19(18)21-5-2-6-22(27-21)24(29)28-30/h2,5-13H,1,3-4,14H2. The van der Waals surface area contributed by atoms with Gasteiger partial charge < -0.3 is 4.74 Å². The van der Waals surface area contributed by atoms with Crippen LogP contribution in [0.5, 0.6) is 5.75 Å². The van der Waals surface area contributed by atoms with Gasteiger partial charge in [-0.25, -0.2) is 4.98 Å². The minimum atomic E-state index is -0.872. The maximum Gasteiger partial charge on any atom is 0.335 e. The lowest BCUT2D eigenvalue weighted by Crippen LogP contribution is -2.01. The number of hydrogen-bond acceptors (Lipinski definition) is 4. The minimum absolute atomic E-state index is 0.0454. The van der Waals surface area contributed by atoms with E-state index in [1.165, 1.54) is 6.07 Å². The summed E-state index contributed by atoms with van der Waals surface area (Å²) in [5.74, 6) is -0.133. The molecule has 7 heteroatoms. The maximum absolute atomic E-state index is 11.7. The number of carbonyl (C=O) groups excluding carboxylic acids is 1. The fourth-order valence-electron chi connectivity index (χ4n) is 3.70. The van der Waals surface area contributed by atoms with Crippen molar-refractivity contribution in [3.05, 3.63) is 97.6 Å². The summed E-state index contributed by atoms with van der Waals surface area (Å²) in [5.41, 5.74) is 4.80. The molecule has 0 radical (unpaired) electrons. The highest BCUT2D eigenvalue weighted by molar-refractivity contribution is 9.10. The second-order valence-corrected chi connectivity index (χ2v) is 8.52. The number of halogens is 2. The molecule has 5 nitrogen and oxygen atoms in total. The monoisotopic (exact) mass is 496 g/mol. The number of benzene rings is 2. The third-order valence-corrected chi connectivity index (χ3v) is 5.92. The number of amides is 1. The largest absolute Gasteiger partial charge is 0.488 e. The van der Waals surface area contributed by atoms with E-state index in [2.05, 4.69) is 26.1 Å². The van der Waals surface area contributed by atoms with Crippen molar-refractivity contribution in [1.82, 2.24) is 4.98 Å². The van der Waals surface area contributed by atoms with Crippen LogP contribution in [-0.4, -0.2) is 10.9 Å². The van der Waals surface area contributed by atoms with Gasteiger partial charge in [-0.15, -0.1) is 4.91 Å². The summed E-state index contributed by atoms with van der Waals surface area (Å²) in [6.45, 7) is 0.428. The maximum atomic E-state index is 11.7. The van der Waals surface area contributed by atoms with Crippen LogP contribution < -0.4 is 4.74 Å². The highest BCUT2D eigenvalue weighted by Crippen LogP contribution is 2.43. The topological polar surface area (TPSA) is 68.6 Å². The van der Waals surface area contributed by atoms with E-state index in [1.54, 1.807) is 6.07 Å². The molecule has 2 aromatic carbocycles. The number of nitroso groups, excluding NO2 is 1. The lowest BCUT2D eigenvalue weighted by Gasteiger charge is -2.15. The van der Waals surface area contributed by atoms with Gasteiger partial charge >= 0.3 is 5.91 Å². The SMILES string of the molecule is O=NC(=O)c1cccc(C2=C(c3cc(Cl)ccc3OCc3ccc(Br)cc3)CCC2)n1. The number of rotatable bonds is 6. The molecule has 3 aromatic rings. The van der Waals surface area contributed by atoms with E-state index in [0.717, 1.165) is 51.8 Å². The quantitative estimate of drug-likeness (QED) is 0.341. The van der Waals surface area contributed by atoms with Crippen molar-refractivity contribution in [2.75, 3.05) is 0 Å². The molecule has 0 saturated carbocycles. The first-order valence-corrected chi connectivity index (χ1v) is 11.0. The molecule has 0 N–H and O–H groups in total. The number of nitrogens with zero attached hydrogens (tertiary/aromatic N) is 2. The Balaban J connectivity index is 1.70. The van der Waals surface area contributed by atoms with Crippen LogP contribution in [0.25, 0.3) is 11.1 Å². The Hall–Kier alpha value is -2.83. The summed E-state index contributed by atoms with van der Waals surface area (Å²) in [6.07, 6.45) is 2.61. The normalized spacial score (nSPS) is 13.4. The molecule has 1 aliphatic rings. The van der Waals surface area contributed by atoms with Crippen LogP contribution in [-0.2, 0) is 6.61 Å².